The van der Waals surface area contributed by atoms with E-state index in [0.717, 1.165) is 22.8 Å². The van der Waals surface area contributed by atoms with E-state index in [2.05, 4.69) is 24.0 Å². The molecular formula is C26H34N2O4S. The van der Waals surface area contributed by atoms with Gasteiger partial charge >= 0.3 is 0 Å². The topological polar surface area (TPSA) is 88.2 Å². The summed E-state index contributed by atoms with van der Waals surface area (Å²) in [5, 5.41) is 21.3. The van der Waals surface area contributed by atoms with Gasteiger partial charge in [0.25, 0.3) is 0 Å². The van der Waals surface area contributed by atoms with Crippen LogP contribution in [-0.4, -0.2) is 59.7 Å². The van der Waals surface area contributed by atoms with E-state index in [4.69, 9.17) is 15.2 Å². The van der Waals surface area contributed by atoms with Crippen LogP contribution in [0.5, 0.6) is 11.5 Å². The van der Waals surface area contributed by atoms with E-state index in [0.29, 0.717) is 19.6 Å². The summed E-state index contributed by atoms with van der Waals surface area (Å²) < 4.78 is 11.4. The van der Waals surface area contributed by atoms with Crippen molar-refractivity contribution in [2.24, 2.45) is 5.73 Å². The fraction of sp³-hybridized carbons (Fsp3) is 0.385. The van der Waals surface area contributed by atoms with Gasteiger partial charge in [-0.2, -0.15) is 0 Å². The Morgan fingerprint density at radius 2 is 1.27 bits per heavy atom. The van der Waals surface area contributed by atoms with Crippen molar-refractivity contribution >= 4 is 11.3 Å². The van der Waals surface area contributed by atoms with Gasteiger partial charge in [-0.15, -0.1) is 11.3 Å². The van der Waals surface area contributed by atoms with Gasteiger partial charge in [0.05, 0.1) is 0 Å². The zero-order valence-electron chi connectivity index (χ0n) is 19.0. The molecule has 4 N–H and O–H groups in total. The van der Waals surface area contributed by atoms with Crippen molar-refractivity contribution in [3.63, 3.8) is 0 Å². The Morgan fingerprint density at radius 1 is 0.788 bits per heavy atom. The van der Waals surface area contributed by atoms with Gasteiger partial charge in [0.15, 0.2) is 0 Å². The van der Waals surface area contributed by atoms with Crippen LogP contribution >= 0.6 is 11.3 Å². The average Bonchev–Trinajstić information content (AvgIpc) is 3.30. The molecule has 178 valence electrons. The van der Waals surface area contributed by atoms with Crippen LogP contribution in [0.4, 0.5) is 0 Å². The summed E-state index contributed by atoms with van der Waals surface area (Å²) in [5.41, 5.74) is 5.75. The highest BCUT2D eigenvalue weighted by molar-refractivity contribution is 7.11. The molecule has 3 atom stereocenters. The van der Waals surface area contributed by atoms with Crippen LogP contribution in [0.15, 0.2) is 72.8 Å². The summed E-state index contributed by atoms with van der Waals surface area (Å²) in [4.78, 5) is 4.48. The number of nitrogens with two attached hydrogens (primary N) is 1. The molecule has 0 unspecified atom stereocenters. The van der Waals surface area contributed by atoms with Crippen molar-refractivity contribution in [3.05, 3.63) is 82.6 Å². The largest absolute Gasteiger partial charge is 0.491 e. The van der Waals surface area contributed by atoms with Crippen LogP contribution in [0.3, 0.4) is 0 Å². The molecule has 0 saturated heterocycles. The van der Waals surface area contributed by atoms with E-state index in [-0.39, 0.29) is 19.3 Å². The van der Waals surface area contributed by atoms with E-state index >= 15 is 0 Å². The Labute approximate surface area is 200 Å². The fourth-order valence-corrected chi connectivity index (χ4v) is 4.58. The number of rotatable bonds is 14. The van der Waals surface area contributed by atoms with Gasteiger partial charge in [0, 0.05) is 35.4 Å². The lowest BCUT2D eigenvalue weighted by Crippen LogP contribution is -2.46. The zero-order chi connectivity index (χ0) is 23.5. The highest BCUT2D eigenvalue weighted by atomic mass is 32.1. The second-order valence-corrected chi connectivity index (χ2v) is 9.39. The number of benzene rings is 2. The number of nitrogens with zero attached hydrogens (tertiary/aromatic N) is 1. The molecule has 7 heteroatoms. The predicted octanol–water partition coefficient (Wildman–Crippen LogP) is 3.32. The normalized spacial score (nSPS) is 14.1. The van der Waals surface area contributed by atoms with Crippen LogP contribution in [0.2, 0.25) is 0 Å². The maximum atomic E-state index is 10.7. The lowest BCUT2D eigenvalue weighted by Gasteiger charge is -2.32. The number of para-hydroxylation sites is 2. The monoisotopic (exact) mass is 470 g/mol. The third kappa shape index (κ3) is 8.79. The van der Waals surface area contributed by atoms with Crippen molar-refractivity contribution in [2.75, 3.05) is 26.3 Å². The molecule has 1 heterocycles. The highest BCUT2D eigenvalue weighted by Crippen LogP contribution is 2.20. The molecule has 1 aromatic heterocycles. The zero-order valence-corrected chi connectivity index (χ0v) is 19.9. The first-order chi connectivity index (χ1) is 16.0. The number of thiophene rings is 1. The summed E-state index contributed by atoms with van der Waals surface area (Å²) in [7, 11) is 0. The molecule has 6 nitrogen and oxygen atoms in total. The molecule has 3 rings (SSSR count). The molecule has 3 aromatic rings. The van der Waals surface area contributed by atoms with Crippen molar-refractivity contribution in [1.82, 2.24) is 4.90 Å². The number of aliphatic hydroxyl groups excluding tert-OH is 2. The summed E-state index contributed by atoms with van der Waals surface area (Å²) >= 11 is 1.71. The summed E-state index contributed by atoms with van der Waals surface area (Å²) in [6, 6.07) is 23.2. The van der Waals surface area contributed by atoms with Crippen LogP contribution in [0, 0.1) is 0 Å². The van der Waals surface area contributed by atoms with Crippen LogP contribution < -0.4 is 15.2 Å². The Morgan fingerprint density at radius 3 is 1.73 bits per heavy atom. The third-order valence-corrected chi connectivity index (χ3v) is 6.43. The number of hydrogen-bond acceptors (Lipinski definition) is 7. The SMILES string of the molecule is C[C@H](Cc1ccc(CN)s1)N(C[C@H](O)COc1ccccc1)C[C@H](O)COc1ccccc1. The molecule has 0 bridgehead atoms. The molecule has 0 saturated carbocycles. The number of aliphatic hydroxyl groups is 2. The second-order valence-electron chi connectivity index (χ2n) is 8.13. The van der Waals surface area contributed by atoms with E-state index in [9.17, 15) is 10.2 Å². The molecule has 0 spiro atoms. The molecule has 33 heavy (non-hydrogen) atoms. The molecule has 0 radical (unpaired) electrons. The predicted molar refractivity (Wildman–Crippen MR) is 133 cm³/mol. The Hall–Kier alpha value is -2.42. The molecule has 2 aromatic carbocycles. The van der Waals surface area contributed by atoms with Crippen LogP contribution in [0.25, 0.3) is 0 Å². The molecule has 0 fully saturated rings. The fourth-order valence-electron chi connectivity index (χ4n) is 3.56. The summed E-state index contributed by atoms with van der Waals surface area (Å²) in [6.07, 6.45) is -0.584. The molecule has 0 aliphatic heterocycles. The maximum absolute atomic E-state index is 10.7. The van der Waals surface area contributed by atoms with Crippen LogP contribution in [0.1, 0.15) is 16.7 Å². The van der Waals surface area contributed by atoms with E-state index < -0.39 is 12.2 Å². The molecular weight excluding hydrogens is 436 g/mol. The minimum absolute atomic E-state index is 0.104. The van der Waals surface area contributed by atoms with Crippen molar-refractivity contribution in [1.29, 1.82) is 0 Å². The summed E-state index contributed by atoms with van der Waals surface area (Å²) in [6.45, 7) is 3.77. The van der Waals surface area contributed by atoms with E-state index in [1.54, 1.807) is 11.3 Å². The molecule has 0 aliphatic carbocycles. The number of hydrogen-bond donors (Lipinski definition) is 3. The minimum atomic E-state index is -0.696. The van der Waals surface area contributed by atoms with Crippen molar-refractivity contribution in [3.8, 4) is 11.5 Å². The minimum Gasteiger partial charge on any atom is -0.491 e. The molecule has 0 amide bonds. The van der Waals surface area contributed by atoms with Gasteiger partial charge in [-0.1, -0.05) is 36.4 Å². The molecule has 0 aliphatic rings. The van der Waals surface area contributed by atoms with Crippen molar-refractivity contribution in [2.45, 2.75) is 38.1 Å². The van der Waals surface area contributed by atoms with Crippen LogP contribution in [-0.2, 0) is 13.0 Å². The highest BCUT2D eigenvalue weighted by Gasteiger charge is 2.22. The van der Waals surface area contributed by atoms with E-state index in [1.165, 1.54) is 4.88 Å². The lowest BCUT2D eigenvalue weighted by molar-refractivity contribution is 0.0168. The first kappa shape index (κ1) is 25.2. The Balaban J connectivity index is 1.58. The summed E-state index contributed by atoms with van der Waals surface area (Å²) in [5.74, 6) is 1.45. The lowest BCUT2D eigenvalue weighted by atomic mass is 10.1. The maximum Gasteiger partial charge on any atom is 0.119 e. The quantitative estimate of drug-likeness (QED) is 0.335. The van der Waals surface area contributed by atoms with Gasteiger partial charge in [0.2, 0.25) is 0 Å². The van der Waals surface area contributed by atoms with E-state index in [1.807, 2.05) is 60.7 Å². The van der Waals surface area contributed by atoms with Gasteiger partial charge in [-0.05, 0) is 49.7 Å². The Kier molecular flexibility index (Phi) is 10.2. The van der Waals surface area contributed by atoms with Gasteiger partial charge in [-0.25, -0.2) is 0 Å². The second kappa shape index (κ2) is 13.3. The van der Waals surface area contributed by atoms with Gasteiger partial charge < -0.3 is 25.4 Å². The average molecular weight is 471 g/mol. The Bertz CT molecular complexity index is 871. The first-order valence-electron chi connectivity index (χ1n) is 11.3. The first-order valence-corrected chi connectivity index (χ1v) is 12.1. The number of ether oxygens (including phenoxy) is 2. The van der Waals surface area contributed by atoms with Crippen molar-refractivity contribution < 1.29 is 19.7 Å². The van der Waals surface area contributed by atoms with Gasteiger partial charge in [0.1, 0.15) is 36.9 Å². The smallest absolute Gasteiger partial charge is 0.119 e. The third-order valence-electron chi connectivity index (χ3n) is 5.30. The van der Waals surface area contributed by atoms with Gasteiger partial charge in [-0.3, -0.25) is 4.90 Å². The standard InChI is InChI=1S/C26H34N2O4S/c1-20(14-25-12-13-26(15-27)33-25)28(16-21(29)18-31-23-8-4-2-5-9-23)17-22(30)19-32-24-10-6-3-7-11-24/h2-13,20-22,29-30H,14-19,27H2,1H3/t20-,21+,22+/m1/s1.